The zero-order chi connectivity index (χ0) is 15.0. The predicted molar refractivity (Wildman–Crippen MR) is 84.4 cm³/mol. The van der Waals surface area contributed by atoms with E-state index in [4.69, 9.17) is 0 Å². The van der Waals surface area contributed by atoms with Gasteiger partial charge in [0.25, 0.3) is 0 Å². The summed E-state index contributed by atoms with van der Waals surface area (Å²) in [5, 5.41) is 3.30. The Morgan fingerprint density at radius 3 is 2.65 bits per heavy atom. The van der Waals surface area contributed by atoms with Gasteiger partial charge in [-0.15, -0.1) is 0 Å². The summed E-state index contributed by atoms with van der Waals surface area (Å²) in [6, 6.07) is 0.466. The highest BCUT2D eigenvalue weighted by Gasteiger charge is 2.22. The molecule has 0 aromatic carbocycles. The number of hydrogen-bond acceptors (Lipinski definition) is 4. The second-order valence-corrected chi connectivity index (χ2v) is 7.96. The number of likely N-dealkylation sites (tertiary alicyclic amines) is 1. The van der Waals surface area contributed by atoms with Crippen LogP contribution in [0.2, 0.25) is 0 Å². The Labute approximate surface area is 124 Å². The van der Waals surface area contributed by atoms with E-state index in [9.17, 15) is 8.42 Å². The van der Waals surface area contributed by atoms with Crippen LogP contribution < -0.4 is 10.0 Å². The minimum atomic E-state index is -3.09. The molecule has 1 aliphatic rings. The highest BCUT2D eigenvalue weighted by Crippen LogP contribution is 2.14. The number of nitrogens with zero attached hydrogens (tertiary/aromatic N) is 1. The third kappa shape index (κ3) is 7.57. The Hall–Kier alpha value is -0.170. The van der Waals surface area contributed by atoms with E-state index in [2.05, 4.69) is 35.7 Å². The lowest BCUT2D eigenvalue weighted by Crippen LogP contribution is -2.33. The molecule has 1 heterocycles. The quantitative estimate of drug-likeness (QED) is 0.592. The first kappa shape index (κ1) is 17.9. The summed E-state index contributed by atoms with van der Waals surface area (Å²) in [5.41, 5.74) is 0. The maximum atomic E-state index is 11.9. The maximum absolute atomic E-state index is 11.9. The van der Waals surface area contributed by atoms with E-state index in [-0.39, 0.29) is 5.75 Å². The summed E-state index contributed by atoms with van der Waals surface area (Å²) in [6.45, 7) is 11.0. The monoisotopic (exact) mass is 305 g/mol. The van der Waals surface area contributed by atoms with Crippen LogP contribution in [0.5, 0.6) is 0 Å². The Kier molecular flexibility index (Phi) is 8.02. The van der Waals surface area contributed by atoms with Crippen molar-refractivity contribution in [3.63, 3.8) is 0 Å². The highest BCUT2D eigenvalue weighted by molar-refractivity contribution is 7.89. The molecular formula is C14H31N3O2S. The molecule has 1 saturated heterocycles. The molecule has 20 heavy (non-hydrogen) atoms. The first-order chi connectivity index (χ1) is 9.43. The van der Waals surface area contributed by atoms with Crippen LogP contribution in [-0.4, -0.2) is 57.8 Å². The fourth-order valence-corrected chi connectivity index (χ4v) is 3.71. The van der Waals surface area contributed by atoms with Gasteiger partial charge in [-0.05, 0) is 44.8 Å². The van der Waals surface area contributed by atoms with Crippen molar-refractivity contribution in [2.24, 2.45) is 5.92 Å². The summed E-state index contributed by atoms with van der Waals surface area (Å²) >= 11 is 0. The molecule has 1 unspecified atom stereocenters. The molecule has 0 aromatic heterocycles. The highest BCUT2D eigenvalue weighted by atomic mass is 32.2. The van der Waals surface area contributed by atoms with Crippen molar-refractivity contribution >= 4 is 10.0 Å². The van der Waals surface area contributed by atoms with Gasteiger partial charge in [0.05, 0.1) is 5.75 Å². The number of rotatable bonds is 10. The van der Waals surface area contributed by atoms with Gasteiger partial charge < -0.3 is 10.2 Å². The summed E-state index contributed by atoms with van der Waals surface area (Å²) < 4.78 is 26.6. The average Bonchev–Trinajstić information content (AvgIpc) is 2.83. The molecule has 0 saturated carbocycles. The fraction of sp³-hybridized carbons (Fsp3) is 1.00. The molecule has 0 radical (unpaired) electrons. The normalized spacial score (nSPS) is 20.9. The van der Waals surface area contributed by atoms with Crippen molar-refractivity contribution in [1.82, 2.24) is 14.9 Å². The van der Waals surface area contributed by atoms with Crippen molar-refractivity contribution in [1.29, 1.82) is 0 Å². The van der Waals surface area contributed by atoms with Gasteiger partial charge in [-0.25, -0.2) is 13.1 Å². The van der Waals surface area contributed by atoms with Gasteiger partial charge in [0.2, 0.25) is 10.0 Å². The van der Waals surface area contributed by atoms with Crippen LogP contribution in [0.15, 0.2) is 0 Å². The van der Waals surface area contributed by atoms with Crippen molar-refractivity contribution in [3.05, 3.63) is 0 Å². The van der Waals surface area contributed by atoms with Gasteiger partial charge in [0.1, 0.15) is 0 Å². The second kappa shape index (κ2) is 8.97. The molecule has 0 aliphatic carbocycles. The molecule has 1 fully saturated rings. The summed E-state index contributed by atoms with van der Waals surface area (Å²) in [4.78, 5) is 2.37. The second-order valence-electron chi connectivity index (χ2n) is 6.03. The van der Waals surface area contributed by atoms with Crippen LogP contribution in [0.1, 0.15) is 40.0 Å². The minimum absolute atomic E-state index is 0.247. The summed E-state index contributed by atoms with van der Waals surface area (Å²) in [6.07, 6.45) is 2.74. The predicted octanol–water partition coefficient (Wildman–Crippen LogP) is 1.03. The molecule has 0 aromatic rings. The molecule has 0 bridgehead atoms. The summed E-state index contributed by atoms with van der Waals surface area (Å²) in [7, 11) is -3.09. The van der Waals surface area contributed by atoms with Crippen LogP contribution in [0, 0.1) is 5.92 Å². The number of unbranched alkanes of at least 4 members (excludes halogenated alkanes) is 1. The lowest BCUT2D eigenvalue weighted by atomic mass is 10.1. The number of nitrogens with one attached hydrogen (secondary N) is 2. The van der Waals surface area contributed by atoms with E-state index >= 15 is 0 Å². The zero-order valence-corrected chi connectivity index (χ0v) is 14.0. The first-order valence-corrected chi connectivity index (χ1v) is 9.51. The molecule has 5 nitrogen and oxygen atoms in total. The van der Waals surface area contributed by atoms with Crippen LogP contribution in [-0.2, 0) is 10.0 Å². The van der Waals surface area contributed by atoms with Crippen LogP contribution in [0.4, 0.5) is 0 Å². The average molecular weight is 305 g/mol. The summed E-state index contributed by atoms with van der Waals surface area (Å²) in [5.74, 6) is 0.726. The van der Waals surface area contributed by atoms with Crippen molar-refractivity contribution in [3.8, 4) is 0 Å². The van der Waals surface area contributed by atoms with Gasteiger partial charge in [0, 0.05) is 19.1 Å². The molecule has 2 N–H and O–H groups in total. The molecule has 1 aliphatic heterocycles. The van der Waals surface area contributed by atoms with Crippen molar-refractivity contribution in [2.45, 2.75) is 46.1 Å². The van der Waals surface area contributed by atoms with Gasteiger partial charge in [-0.2, -0.15) is 0 Å². The lowest BCUT2D eigenvalue weighted by Gasteiger charge is -2.14. The van der Waals surface area contributed by atoms with E-state index in [1.165, 1.54) is 0 Å². The largest absolute Gasteiger partial charge is 0.315 e. The van der Waals surface area contributed by atoms with Crippen LogP contribution >= 0.6 is 0 Å². The standard InChI is InChI=1S/C14H31N3O2S/c1-4-17-9-7-14(12-17)11-16-20(18,19)10-6-5-8-15-13(2)3/h13-16H,4-12H2,1-3H3. The Bertz CT molecular complexity index is 357. The molecule has 0 amide bonds. The third-order valence-electron chi connectivity index (χ3n) is 3.80. The fourth-order valence-electron chi connectivity index (χ4n) is 2.49. The molecule has 1 rings (SSSR count). The maximum Gasteiger partial charge on any atom is 0.211 e. The molecule has 0 spiro atoms. The smallest absolute Gasteiger partial charge is 0.211 e. The van der Waals surface area contributed by atoms with Gasteiger partial charge in [-0.1, -0.05) is 20.8 Å². The Morgan fingerprint density at radius 1 is 1.30 bits per heavy atom. The Balaban J connectivity index is 2.12. The first-order valence-electron chi connectivity index (χ1n) is 7.86. The molecule has 1 atom stereocenters. The molecule has 120 valence electrons. The van der Waals surface area contributed by atoms with Crippen molar-refractivity contribution in [2.75, 3.05) is 38.5 Å². The van der Waals surface area contributed by atoms with E-state index in [0.717, 1.165) is 45.4 Å². The van der Waals surface area contributed by atoms with E-state index in [1.54, 1.807) is 0 Å². The van der Waals surface area contributed by atoms with Crippen molar-refractivity contribution < 1.29 is 8.42 Å². The topological polar surface area (TPSA) is 61.4 Å². The number of hydrogen-bond donors (Lipinski definition) is 2. The minimum Gasteiger partial charge on any atom is -0.315 e. The van der Waals surface area contributed by atoms with Gasteiger partial charge in [0.15, 0.2) is 0 Å². The van der Waals surface area contributed by atoms with Crippen LogP contribution in [0.25, 0.3) is 0 Å². The SMILES string of the molecule is CCN1CCC(CNS(=O)(=O)CCCCNC(C)C)C1. The number of sulfonamides is 1. The van der Waals surface area contributed by atoms with E-state index < -0.39 is 10.0 Å². The lowest BCUT2D eigenvalue weighted by molar-refractivity contribution is 0.342. The van der Waals surface area contributed by atoms with E-state index in [0.29, 0.717) is 18.5 Å². The van der Waals surface area contributed by atoms with Gasteiger partial charge in [-0.3, -0.25) is 0 Å². The van der Waals surface area contributed by atoms with E-state index in [1.807, 2.05) is 0 Å². The Morgan fingerprint density at radius 2 is 2.05 bits per heavy atom. The molecular weight excluding hydrogens is 274 g/mol. The molecule has 6 heteroatoms. The third-order valence-corrected chi connectivity index (χ3v) is 5.23. The van der Waals surface area contributed by atoms with Gasteiger partial charge >= 0.3 is 0 Å². The van der Waals surface area contributed by atoms with Crippen LogP contribution in [0.3, 0.4) is 0 Å². The zero-order valence-electron chi connectivity index (χ0n) is 13.2.